The number of nitrogens with one attached hydrogen (secondary N) is 2. The topological polar surface area (TPSA) is 110 Å². The Balaban J connectivity index is 1.76. The number of nitrogens with zero attached hydrogens (tertiary/aromatic N) is 2. The van der Waals surface area contributed by atoms with E-state index in [1.165, 1.54) is 14.2 Å². The lowest BCUT2D eigenvalue weighted by molar-refractivity contribution is -0.149. The van der Waals surface area contributed by atoms with E-state index >= 15 is 0 Å². The van der Waals surface area contributed by atoms with Gasteiger partial charge in [-0.25, -0.2) is 9.78 Å². The normalized spacial score (nSPS) is 19.5. The highest BCUT2D eigenvalue weighted by Crippen LogP contribution is 2.52. The summed E-state index contributed by atoms with van der Waals surface area (Å²) in [6, 6.07) is 12.1. The van der Waals surface area contributed by atoms with Crippen LogP contribution in [-0.2, 0) is 24.5 Å². The highest BCUT2D eigenvalue weighted by molar-refractivity contribution is 6.02. The monoisotopic (exact) mass is 560 g/mol. The molecule has 5 heterocycles. The molecule has 212 valence electrons. The van der Waals surface area contributed by atoms with Gasteiger partial charge < -0.3 is 19.4 Å². The molecule has 6 rings (SSSR count). The minimum Gasteiger partial charge on any atom is -0.469 e. The van der Waals surface area contributed by atoms with Crippen LogP contribution in [0.3, 0.4) is 0 Å². The Morgan fingerprint density at radius 1 is 0.857 bits per heavy atom. The van der Waals surface area contributed by atoms with Crippen LogP contribution in [0.1, 0.15) is 47.8 Å². The zero-order valence-electron chi connectivity index (χ0n) is 24.5. The van der Waals surface area contributed by atoms with Crippen molar-refractivity contribution >= 4 is 50.7 Å². The van der Waals surface area contributed by atoms with Gasteiger partial charge in [0, 0.05) is 27.6 Å². The first-order chi connectivity index (χ1) is 20.1. The summed E-state index contributed by atoms with van der Waals surface area (Å²) in [7, 11) is 2.63. The molecule has 8 heteroatoms. The summed E-state index contributed by atoms with van der Waals surface area (Å²) in [6.07, 6.45) is 5.30. The van der Waals surface area contributed by atoms with Gasteiger partial charge in [-0.2, -0.15) is 0 Å². The predicted octanol–water partition coefficient (Wildman–Crippen LogP) is 6.29. The van der Waals surface area contributed by atoms with Crippen LogP contribution in [0, 0.1) is 19.8 Å². The molecule has 0 spiro atoms. The fourth-order valence-electron chi connectivity index (χ4n) is 6.27. The smallest absolute Gasteiger partial charge is 0.334 e. The molecular weight excluding hydrogens is 528 g/mol. The number of H-pyrrole nitrogens is 2. The van der Waals surface area contributed by atoms with Crippen LogP contribution in [0.2, 0.25) is 0 Å². The van der Waals surface area contributed by atoms with Crippen LogP contribution in [-0.4, -0.2) is 46.1 Å². The maximum absolute atomic E-state index is 13.4. The maximum Gasteiger partial charge on any atom is 0.334 e. The standard InChI is InChI=1S/C34H32N4O4/c1-8-22-19(4)27-15-29-24-10-9-23(32(39)41-6)31(33(40)42-7)34(24,5)30(38-29)16-26-18(3)12-21(36-26)13-20-11-17(2)25(35-20)14-28(22)37-27/h8-16,31,35-36H,1H2,2-7H3. The number of rotatable bonds is 3. The molecule has 2 unspecified atom stereocenters. The Labute approximate surface area is 243 Å². The number of aromatic amines is 2. The van der Waals surface area contributed by atoms with Crippen molar-refractivity contribution in [1.29, 1.82) is 0 Å². The number of methoxy groups -OCH3 is 2. The fourth-order valence-corrected chi connectivity index (χ4v) is 6.27. The first kappa shape index (κ1) is 27.2. The largest absolute Gasteiger partial charge is 0.469 e. The SMILES string of the molecule is C=CC1=C(C)c2cc3nc(cc4[nH]c(cc4C)cc4cc(C)c(cc1n2)[nH]4)C1(C)C3=CC=C(C(=O)OC)C1C(=O)OC. The lowest BCUT2D eigenvalue weighted by Gasteiger charge is -2.36. The number of allylic oxidation sites excluding steroid dienone is 6. The molecule has 0 saturated carbocycles. The Morgan fingerprint density at radius 3 is 2.14 bits per heavy atom. The first-order valence-electron chi connectivity index (χ1n) is 13.7. The highest BCUT2D eigenvalue weighted by Gasteiger charge is 2.53. The van der Waals surface area contributed by atoms with Crippen molar-refractivity contribution in [3.63, 3.8) is 0 Å². The van der Waals surface area contributed by atoms with Crippen LogP contribution >= 0.6 is 0 Å². The van der Waals surface area contributed by atoms with E-state index in [1.54, 1.807) is 6.08 Å². The van der Waals surface area contributed by atoms with E-state index in [9.17, 15) is 9.59 Å². The number of hydrogen-bond acceptors (Lipinski definition) is 6. The summed E-state index contributed by atoms with van der Waals surface area (Å²) >= 11 is 0. The van der Waals surface area contributed by atoms with Gasteiger partial charge in [0.15, 0.2) is 0 Å². The van der Waals surface area contributed by atoms with Gasteiger partial charge in [0.05, 0.1) is 48.0 Å². The van der Waals surface area contributed by atoms with Crippen molar-refractivity contribution in [2.45, 2.75) is 33.1 Å². The Kier molecular flexibility index (Phi) is 6.37. The van der Waals surface area contributed by atoms with Gasteiger partial charge in [-0.3, -0.25) is 9.78 Å². The summed E-state index contributed by atoms with van der Waals surface area (Å²) in [5.41, 5.74) is 10.5. The van der Waals surface area contributed by atoms with E-state index in [0.29, 0.717) is 11.4 Å². The van der Waals surface area contributed by atoms with Crippen molar-refractivity contribution in [2.75, 3.05) is 14.2 Å². The van der Waals surface area contributed by atoms with Crippen molar-refractivity contribution < 1.29 is 19.1 Å². The lowest BCUT2D eigenvalue weighted by atomic mass is 9.64. The minimum absolute atomic E-state index is 0.215. The molecule has 2 N–H and O–H groups in total. The highest BCUT2D eigenvalue weighted by atomic mass is 16.5. The molecule has 8 bridgehead atoms. The van der Waals surface area contributed by atoms with E-state index in [4.69, 9.17) is 19.4 Å². The zero-order valence-corrected chi connectivity index (χ0v) is 24.5. The molecule has 3 aromatic heterocycles. The molecule has 3 aliphatic rings. The van der Waals surface area contributed by atoms with Crippen molar-refractivity contribution in [2.24, 2.45) is 5.92 Å². The van der Waals surface area contributed by atoms with E-state index in [0.717, 1.165) is 61.3 Å². The van der Waals surface area contributed by atoms with Crippen molar-refractivity contribution in [1.82, 2.24) is 19.9 Å². The second-order valence-electron chi connectivity index (χ2n) is 11.1. The van der Waals surface area contributed by atoms with Crippen LogP contribution < -0.4 is 0 Å². The number of esters is 2. The third kappa shape index (κ3) is 4.05. The lowest BCUT2D eigenvalue weighted by Crippen LogP contribution is -2.42. The molecule has 0 saturated heterocycles. The van der Waals surface area contributed by atoms with Crippen molar-refractivity contribution in [3.05, 3.63) is 101 Å². The van der Waals surface area contributed by atoms with Gasteiger partial charge in [0.1, 0.15) is 5.92 Å². The number of carbonyl (C=O) groups excluding carboxylic acids is 2. The Morgan fingerprint density at radius 2 is 1.52 bits per heavy atom. The molecule has 8 nitrogen and oxygen atoms in total. The van der Waals surface area contributed by atoms with E-state index in [1.807, 2.05) is 51.1 Å². The number of carbonyl (C=O) groups is 2. The third-order valence-corrected chi connectivity index (χ3v) is 8.59. The zero-order chi connectivity index (χ0) is 29.9. The number of aryl methyl sites for hydroxylation is 2. The number of aromatic nitrogens is 4. The van der Waals surface area contributed by atoms with Gasteiger partial charge in [-0.05, 0) is 86.4 Å². The molecule has 0 radical (unpaired) electrons. The van der Waals surface area contributed by atoms with Gasteiger partial charge in [0.2, 0.25) is 0 Å². The molecule has 3 aromatic rings. The summed E-state index contributed by atoms with van der Waals surface area (Å²) in [5, 5.41) is 0. The molecule has 2 aliphatic heterocycles. The molecular formula is C34H32N4O4. The Bertz CT molecular complexity index is 1970. The molecule has 0 fully saturated rings. The van der Waals surface area contributed by atoms with Gasteiger partial charge in [-0.1, -0.05) is 24.8 Å². The average Bonchev–Trinajstić information content (AvgIpc) is 3.66. The molecule has 1 aliphatic carbocycles. The summed E-state index contributed by atoms with van der Waals surface area (Å²) in [6.45, 7) is 12.1. The molecule has 2 atom stereocenters. The number of fused-ring (bicyclic) bond motifs is 11. The third-order valence-electron chi connectivity index (χ3n) is 8.59. The molecule has 0 aromatic carbocycles. The summed E-state index contributed by atoms with van der Waals surface area (Å²) < 4.78 is 10.3. The summed E-state index contributed by atoms with van der Waals surface area (Å²) in [5.74, 6) is -2.10. The minimum atomic E-state index is -1.02. The van der Waals surface area contributed by atoms with Gasteiger partial charge in [-0.15, -0.1) is 0 Å². The van der Waals surface area contributed by atoms with Crippen molar-refractivity contribution in [3.8, 4) is 0 Å². The van der Waals surface area contributed by atoms with Gasteiger partial charge >= 0.3 is 11.9 Å². The van der Waals surface area contributed by atoms with E-state index in [-0.39, 0.29) is 5.57 Å². The molecule has 42 heavy (non-hydrogen) atoms. The second kappa shape index (κ2) is 9.83. The second-order valence-corrected chi connectivity index (χ2v) is 11.1. The quantitative estimate of drug-likeness (QED) is 0.364. The molecule has 0 amide bonds. The van der Waals surface area contributed by atoms with Crippen LogP contribution in [0.15, 0.2) is 66.8 Å². The van der Waals surface area contributed by atoms with Crippen LogP contribution in [0.5, 0.6) is 0 Å². The number of ether oxygens (including phenoxy) is 2. The fraction of sp³-hybridized carbons (Fsp3) is 0.235. The average molecular weight is 561 g/mol. The Hall–Kier alpha value is -4.98. The maximum atomic E-state index is 13.4. The van der Waals surface area contributed by atoms with Crippen LogP contribution in [0.25, 0.3) is 38.8 Å². The predicted molar refractivity (Wildman–Crippen MR) is 164 cm³/mol. The first-order valence-corrected chi connectivity index (χ1v) is 13.7. The van der Waals surface area contributed by atoms with E-state index in [2.05, 4.69) is 41.7 Å². The van der Waals surface area contributed by atoms with Crippen LogP contribution in [0.4, 0.5) is 0 Å². The van der Waals surface area contributed by atoms with Gasteiger partial charge in [0.25, 0.3) is 0 Å². The summed E-state index contributed by atoms with van der Waals surface area (Å²) in [4.78, 5) is 43.4. The number of hydrogen-bond donors (Lipinski definition) is 2. The van der Waals surface area contributed by atoms with E-state index < -0.39 is 23.3 Å².